The first kappa shape index (κ1) is 20.3. The van der Waals surface area contributed by atoms with Crippen LogP contribution < -0.4 is 5.32 Å². The number of nitrogens with zero attached hydrogens (tertiary/aromatic N) is 2. The Kier molecular flexibility index (Phi) is 5.99. The Bertz CT molecular complexity index is 1010. The number of carbonyl (C=O) groups is 3. The maximum absolute atomic E-state index is 12.5. The van der Waals surface area contributed by atoms with E-state index in [0.29, 0.717) is 25.2 Å². The van der Waals surface area contributed by atoms with Crippen LogP contribution in [-0.4, -0.2) is 46.7 Å². The van der Waals surface area contributed by atoms with Crippen molar-refractivity contribution in [1.29, 1.82) is 0 Å². The van der Waals surface area contributed by atoms with E-state index in [1.54, 1.807) is 23.1 Å². The fourth-order valence-electron chi connectivity index (χ4n) is 3.91. The Morgan fingerprint density at radius 3 is 2.57 bits per heavy atom. The van der Waals surface area contributed by atoms with Crippen LogP contribution in [0.1, 0.15) is 28.8 Å². The van der Waals surface area contributed by atoms with Crippen LogP contribution in [0.4, 0.5) is 10.5 Å². The van der Waals surface area contributed by atoms with Gasteiger partial charge in [-0.05, 0) is 42.7 Å². The van der Waals surface area contributed by atoms with Crippen LogP contribution in [0.3, 0.4) is 0 Å². The Morgan fingerprint density at radius 2 is 1.80 bits per heavy atom. The highest BCUT2D eigenvalue weighted by atomic mass is 79.9. The number of anilines is 1. The summed E-state index contributed by atoms with van der Waals surface area (Å²) in [6.07, 6.45) is 4.10. The monoisotopic (exact) mass is 467 g/mol. The van der Waals surface area contributed by atoms with Crippen molar-refractivity contribution in [1.82, 2.24) is 9.80 Å². The van der Waals surface area contributed by atoms with E-state index in [1.165, 1.54) is 12.2 Å². The van der Waals surface area contributed by atoms with E-state index in [4.69, 9.17) is 0 Å². The first-order valence-corrected chi connectivity index (χ1v) is 10.7. The summed E-state index contributed by atoms with van der Waals surface area (Å²) in [5.41, 5.74) is 2.50. The predicted octanol–water partition coefficient (Wildman–Crippen LogP) is 4.23. The number of rotatable bonds is 4. The van der Waals surface area contributed by atoms with Gasteiger partial charge in [0.05, 0.1) is 0 Å². The fraction of sp³-hybridized carbons (Fsp3) is 0.261. The highest BCUT2D eigenvalue weighted by molar-refractivity contribution is 9.10. The van der Waals surface area contributed by atoms with Crippen LogP contribution in [-0.2, 0) is 11.3 Å². The van der Waals surface area contributed by atoms with Crippen molar-refractivity contribution in [2.45, 2.75) is 25.4 Å². The maximum atomic E-state index is 12.5. The average molecular weight is 468 g/mol. The third-order valence-corrected chi connectivity index (χ3v) is 6.06. The van der Waals surface area contributed by atoms with Crippen molar-refractivity contribution in [2.24, 2.45) is 0 Å². The third-order valence-electron chi connectivity index (χ3n) is 5.56. The zero-order valence-corrected chi connectivity index (χ0v) is 18.0. The summed E-state index contributed by atoms with van der Waals surface area (Å²) < 4.78 is 0.819. The van der Waals surface area contributed by atoms with Crippen molar-refractivity contribution < 1.29 is 14.4 Å². The number of piperidine rings is 1. The number of hydrogen-bond acceptors (Lipinski definition) is 3. The van der Waals surface area contributed by atoms with E-state index in [2.05, 4.69) is 21.2 Å². The molecular weight excluding hydrogens is 446 g/mol. The van der Waals surface area contributed by atoms with Gasteiger partial charge in [-0.25, -0.2) is 4.79 Å². The summed E-state index contributed by atoms with van der Waals surface area (Å²) >= 11 is 3.34. The summed E-state index contributed by atoms with van der Waals surface area (Å²) in [4.78, 5) is 40.8. The van der Waals surface area contributed by atoms with E-state index >= 15 is 0 Å². The van der Waals surface area contributed by atoms with E-state index in [-0.39, 0.29) is 23.8 Å². The van der Waals surface area contributed by atoms with Crippen LogP contribution in [0, 0.1) is 0 Å². The number of ketones is 1. The number of allylic oxidation sites excluding steroid dienone is 1. The van der Waals surface area contributed by atoms with Crippen molar-refractivity contribution in [3.63, 3.8) is 0 Å². The SMILES string of the molecule is O=C(/C=C/C(=O)N1CCC(N2Cc3ccccc3NC2=O)CC1)c1cccc(Br)c1. The molecule has 4 rings (SSSR count). The van der Waals surface area contributed by atoms with Crippen LogP contribution in [0.15, 0.2) is 65.2 Å². The van der Waals surface area contributed by atoms with Gasteiger partial charge in [-0.15, -0.1) is 0 Å². The van der Waals surface area contributed by atoms with Crippen LogP contribution in [0.25, 0.3) is 0 Å². The predicted molar refractivity (Wildman–Crippen MR) is 118 cm³/mol. The molecule has 0 saturated carbocycles. The molecule has 0 bridgehead atoms. The van der Waals surface area contributed by atoms with Gasteiger partial charge < -0.3 is 15.1 Å². The van der Waals surface area contributed by atoms with Gasteiger partial charge in [0.15, 0.2) is 5.78 Å². The van der Waals surface area contributed by atoms with Gasteiger partial charge in [-0.2, -0.15) is 0 Å². The molecule has 0 radical (unpaired) electrons. The molecule has 2 heterocycles. The first-order chi connectivity index (χ1) is 14.5. The molecule has 154 valence electrons. The van der Waals surface area contributed by atoms with Gasteiger partial charge >= 0.3 is 6.03 Å². The van der Waals surface area contributed by atoms with Crippen LogP contribution in [0.5, 0.6) is 0 Å². The molecule has 30 heavy (non-hydrogen) atoms. The maximum Gasteiger partial charge on any atom is 0.322 e. The second kappa shape index (κ2) is 8.83. The number of hydrogen-bond donors (Lipinski definition) is 1. The molecular formula is C23H22BrN3O3. The number of nitrogens with one attached hydrogen (secondary N) is 1. The highest BCUT2D eigenvalue weighted by Gasteiger charge is 2.32. The number of amides is 3. The Hall–Kier alpha value is -2.93. The molecule has 1 saturated heterocycles. The topological polar surface area (TPSA) is 69.7 Å². The smallest absolute Gasteiger partial charge is 0.322 e. The standard InChI is InChI=1S/C23H22BrN3O3/c24-18-6-3-5-16(14-18)21(28)8-9-22(29)26-12-10-19(11-13-26)27-15-17-4-1-2-7-20(17)25-23(27)30/h1-9,14,19H,10-13,15H2,(H,25,30)/b9-8+. The molecule has 0 aliphatic carbocycles. The van der Waals surface area contributed by atoms with Crippen molar-refractivity contribution in [3.05, 3.63) is 76.3 Å². The van der Waals surface area contributed by atoms with Crippen LogP contribution >= 0.6 is 15.9 Å². The lowest BCUT2D eigenvalue weighted by Gasteiger charge is -2.40. The summed E-state index contributed by atoms with van der Waals surface area (Å²) in [6.45, 7) is 1.70. The Balaban J connectivity index is 1.32. The summed E-state index contributed by atoms with van der Waals surface area (Å²) in [5.74, 6) is -0.381. The van der Waals surface area contributed by atoms with Crippen LogP contribution in [0.2, 0.25) is 0 Å². The first-order valence-electron chi connectivity index (χ1n) is 9.93. The zero-order valence-electron chi connectivity index (χ0n) is 16.4. The largest absolute Gasteiger partial charge is 0.339 e. The normalized spacial score (nSPS) is 17.0. The fourth-order valence-corrected chi connectivity index (χ4v) is 4.30. The van der Waals surface area contributed by atoms with Crippen molar-refractivity contribution >= 4 is 39.3 Å². The quantitative estimate of drug-likeness (QED) is 0.540. The second-order valence-electron chi connectivity index (χ2n) is 7.48. The lowest BCUT2D eigenvalue weighted by atomic mass is 10.0. The van der Waals surface area contributed by atoms with Gasteiger partial charge in [0.2, 0.25) is 5.91 Å². The molecule has 0 atom stereocenters. The second-order valence-corrected chi connectivity index (χ2v) is 8.40. The Labute approximate surface area is 183 Å². The molecule has 2 aromatic rings. The minimum Gasteiger partial charge on any atom is -0.339 e. The lowest BCUT2D eigenvalue weighted by Crippen LogP contribution is -2.50. The van der Waals surface area contributed by atoms with E-state index < -0.39 is 0 Å². The Morgan fingerprint density at radius 1 is 1.03 bits per heavy atom. The molecule has 2 aliphatic heterocycles. The number of urea groups is 1. The molecule has 7 heteroatoms. The number of fused-ring (bicyclic) bond motifs is 1. The molecule has 3 amide bonds. The minimum absolute atomic E-state index is 0.0852. The molecule has 1 N–H and O–H groups in total. The molecule has 1 fully saturated rings. The molecule has 2 aromatic carbocycles. The third kappa shape index (κ3) is 4.46. The van der Waals surface area contributed by atoms with Crippen molar-refractivity contribution in [2.75, 3.05) is 18.4 Å². The van der Waals surface area contributed by atoms with E-state index in [1.807, 2.05) is 35.2 Å². The van der Waals surface area contributed by atoms with E-state index in [9.17, 15) is 14.4 Å². The number of carbonyl (C=O) groups excluding carboxylic acids is 3. The molecule has 0 spiro atoms. The molecule has 0 unspecified atom stereocenters. The van der Waals surface area contributed by atoms with Gasteiger partial charge in [0.25, 0.3) is 0 Å². The highest BCUT2D eigenvalue weighted by Crippen LogP contribution is 2.27. The molecule has 2 aliphatic rings. The number of likely N-dealkylation sites (tertiary alicyclic amines) is 1. The van der Waals surface area contributed by atoms with Crippen molar-refractivity contribution in [3.8, 4) is 0 Å². The average Bonchev–Trinajstić information content (AvgIpc) is 2.77. The minimum atomic E-state index is -0.205. The molecule has 0 aromatic heterocycles. The number of benzene rings is 2. The summed E-state index contributed by atoms with van der Waals surface area (Å²) in [7, 11) is 0. The number of halogens is 1. The lowest BCUT2D eigenvalue weighted by molar-refractivity contribution is -0.127. The van der Waals surface area contributed by atoms with Gasteiger partial charge in [0.1, 0.15) is 0 Å². The summed E-state index contributed by atoms with van der Waals surface area (Å²) in [5, 5.41) is 2.95. The van der Waals surface area contributed by atoms with E-state index in [0.717, 1.165) is 28.6 Å². The van der Waals surface area contributed by atoms with Gasteiger partial charge in [0, 0.05) is 47.5 Å². The van der Waals surface area contributed by atoms with Gasteiger partial charge in [-0.1, -0.05) is 46.3 Å². The number of para-hydroxylation sites is 1. The summed E-state index contributed by atoms with van der Waals surface area (Å²) in [6, 6.07) is 14.9. The van der Waals surface area contributed by atoms with Gasteiger partial charge in [-0.3, -0.25) is 9.59 Å². The zero-order chi connectivity index (χ0) is 21.1. The molecule has 6 nitrogen and oxygen atoms in total.